The number of aromatic nitrogens is 5. The third-order valence-electron chi connectivity index (χ3n) is 2.90. The van der Waals surface area contributed by atoms with Gasteiger partial charge in [0, 0.05) is 19.8 Å². The predicted molar refractivity (Wildman–Crippen MR) is 70.7 cm³/mol. The normalized spacial score (nSPS) is 12.0. The minimum atomic E-state index is 0.254. The van der Waals surface area contributed by atoms with Crippen LogP contribution in [0.3, 0.4) is 0 Å². The molecular weight excluding hydrogens is 228 g/mol. The van der Waals surface area contributed by atoms with Crippen LogP contribution in [0.25, 0.3) is 11.4 Å². The predicted octanol–water partition coefficient (Wildman–Crippen LogP) is 1.70. The quantitative estimate of drug-likeness (QED) is 0.897. The van der Waals surface area contributed by atoms with E-state index in [0.717, 1.165) is 24.4 Å². The summed E-state index contributed by atoms with van der Waals surface area (Å²) in [6.45, 7) is 7.42. The SMILES string of the molecule is Cn1nccc1-c1c(N)nnn1CCC(C)(C)C. The molecule has 2 aromatic rings. The molecule has 0 saturated heterocycles. The molecule has 6 heteroatoms. The largest absolute Gasteiger partial charge is 0.380 e. The molecule has 0 aromatic carbocycles. The Balaban J connectivity index is 2.31. The number of nitrogen functional groups attached to an aromatic ring is 1. The molecule has 2 N–H and O–H groups in total. The van der Waals surface area contributed by atoms with Gasteiger partial charge in [0.2, 0.25) is 0 Å². The Kier molecular flexibility index (Phi) is 3.11. The molecular formula is C12H20N6. The van der Waals surface area contributed by atoms with Crippen molar-refractivity contribution in [1.82, 2.24) is 24.8 Å². The van der Waals surface area contributed by atoms with E-state index in [1.54, 1.807) is 10.9 Å². The van der Waals surface area contributed by atoms with Gasteiger partial charge in [-0.05, 0) is 17.9 Å². The Bertz CT molecular complexity index is 531. The lowest BCUT2D eigenvalue weighted by Crippen LogP contribution is -2.13. The van der Waals surface area contributed by atoms with Crippen LogP contribution in [0.4, 0.5) is 5.82 Å². The van der Waals surface area contributed by atoms with Crippen LogP contribution in [0.2, 0.25) is 0 Å². The van der Waals surface area contributed by atoms with Crippen molar-refractivity contribution in [3.05, 3.63) is 12.3 Å². The molecule has 0 atom stereocenters. The lowest BCUT2D eigenvalue weighted by atomic mass is 9.92. The zero-order valence-corrected chi connectivity index (χ0v) is 11.4. The highest BCUT2D eigenvalue weighted by atomic mass is 15.5. The number of hydrogen-bond donors (Lipinski definition) is 1. The average Bonchev–Trinajstić information content (AvgIpc) is 2.81. The molecule has 0 aliphatic heterocycles. The summed E-state index contributed by atoms with van der Waals surface area (Å²) >= 11 is 0. The van der Waals surface area contributed by atoms with Gasteiger partial charge in [-0.3, -0.25) is 4.68 Å². The van der Waals surface area contributed by atoms with E-state index in [1.807, 2.05) is 17.8 Å². The van der Waals surface area contributed by atoms with Crippen LogP contribution < -0.4 is 5.73 Å². The zero-order chi connectivity index (χ0) is 13.3. The fourth-order valence-corrected chi connectivity index (χ4v) is 1.79. The van der Waals surface area contributed by atoms with Gasteiger partial charge in [-0.25, -0.2) is 4.68 Å². The first-order valence-electron chi connectivity index (χ1n) is 6.06. The highest BCUT2D eigenvalue weighted by Crippen LogP contribution is 2.25. The maximum Gasteiger partial charge on any atom is 0.175 e. The smallest absolute Gasteiger partial charge is 0.175 e. The van der Waals surface area contributed by atoms with Crippen LogP contribution >= 0.6 is 0 Å². The van der Waals surface area contributed by atoms with Crippen LogP contribution in [0, 0.1) is 5.41 Å². The van der Waals surface area contributed by atoms with Crippen molar-refractivity contribution >= 4 is 5.82 Å². The van der Waals surface area contributed by atoms with E-state index < -0.39 is 0 Å². The molecule has 2 rings (SSSR count). The molecule has 0 aliphatic rings. The van der Waals surface area contributed by atoms with Gasteiger partial charge in [0.1, 0.15) is 5.69 Å². The van der Waals surface area contributed by atoms with Gasteiger partial charge in [0.05, 0.1) is 5.69 Å². The summed E-state index contributed by atoms with van der Waals surface area (Å²) in [6, 6.07) is 1.92. The molecule has 0 fully saturated rings. The molecule has 98 valence electrons. The monoisotopic (exact) mass is 248 g/mol. The van der Waals surface area contributed by atoms with Gasteiger partial charge in [-0.15, -0.1) is 5.10 Å². The van der Waals surface area contributed by atoms with Crippen molar-refractivity contribution in [3.8, 4) is 11.4 Å². The topological polar surface area (TPSA) is 74.6 Å². The fourth-order valence-electron chi connectivity index (χ4n) is 1.79. The van der Waals surface area contributed by atoms with Crippen LogP contribution in [0.5, 0.6) is 0 Å². The molecule has 0 saturated carbocycles. The van der Waals surface area contributed by atoms with Crippen molar-refractivity contribution in [2.45, 2.75) is 33.7 Å². The number of hydrogen-bond acceptors (Lipinski definition) is 4. The number of aryl methyl sites for hydroxylation is 2. The average molecular weight is 248 g/mol. The number of rotatable bonds is 3. The second kappa shape index (κ2) is 4.44. The molecule has 0 spiro atoms. The summed E-state index contributed by atoms with van der Waals surface area (Å²) in [5.41, 5.74) is 7.94. The van der Waals surface area contributed by atoms with Crippen molar-refractivity contribution in [2.24, 2.45) is 12.5 Å². The highest BCUT2D eigenvalue weighted by Gasteiger charge is 2.17. The number of nitrogens with two attached hydrogens (primary N) is 1. The summed E-state index contributed by atoms with van der Waals surface area (Å²) in [5, 5.41) is 12.2. The van der Waals surface area contributed by atoms with Crippen molar-refractivity contribution in [3.63, 3.8) is 0 Å². The first-order valence-corrected chi connectivity index (χ1v) is 6.06. The standard InChI is InChI=1S/C12H20N6/c1-12(2,3)6-8-18-10(11(13)15-16-18)9-5-7-14-17(9)4/h5,7H,6,8,13H2,1-4H3. The third-order valence-corrected chi connectivity index (χ3v) is 2.90. The maximum atomic E-state index is 5.91. The van der Waals surface area contributed by atoms with Crippen molar-refractivity contribution < 1.29 is 0 Å². The van der Waals surface area contributed by atoms with E-state index in [9.17, 15) is 0 Å². The Hall–Kier alpha value is -1.85. The Morgan fingerprint density at radius 3 is 2.61 bits per heavy atom. The lowest BCUT2D eigenvalue weighted by molar-refractivity contribution is 0.339. The second-order valence-electron chi connectivity index (χ2n) is 5.70. The van der Waals surface area contributed by atoms with Crippen molar-refractivity contribution in [2.75, 3.05) is 5.73 Å². The van der Waals surface area contributed by atoms with Crippen LogP contribution in [-0.2, 0) is 13.6 Å². The molecule has 0 unspecified atom stereocenters. The molecule has 18 heavy (non-hydrogen) atoms. The first kappa shape index (κ1) is 12.6. The number of nitrogens with zero attached hydrogens (tertiary/aromatic N) is 5. The Morgan fingerprint density at radius 1 is 1.33 bits per heavy atom. The third kappa shape index (κ3) is 2.52. The van der Waals surface area contributed by atoms with E-state index in [0.29, 0.717) is 5.82 Å². The minimum absolute atomic E-state index is 0.254. The molecule has 0 aliphatic carbocycles. The summed E-state index contributed by atoms with van der Waals surface area (Å²) in [5.74, 6) is 0.451. The highest BCUT2D eigenvalue weighted by molar-refractivity contribution is 5.66. The summed E-state index contributed by atoms with van der Waals surface area (Å²) in [6.07, 6.45) is 2.76. The molecule has 2 heterocycles. The summed E-state index contributed by atoms with van der Waals surface area (Å²) in [4.78, 5) is 0. The van der Waals surface area contributed by atoms with Gasteiger partial charge >= 0.3 is 0 Å². The van der Waals surface area contributed by atoms with Crippen molar-refractivity contribution in [1.29, 1.82) is 0 Å². The summed E-state index contributed by atoms with van der Waals surface area (Å²) < 4.78 is 3.64. The van der Waals surface area contributed by atoms with E-state index in [1.165, 1.54) is 0 Å². The Labute approximate surface area is 107 Å². The van der Waals surface area contributed by atoms with Gasteiger partial charge in [-0.1, -0.05) is 26.0 Å². The summed E-state index contributed by atoms with van der Waals surface area (Å²) in [7, 11) is 1.88. The van der Waals surface area contributed by atoms with E-state index >= 15 is 0 Å². The molecule has 0 amide bonds. The second-order valence-corrected chi connectivity index (χ2v) is 5.70. The molecule has 0 radical (unpaired) electrons. The van der Waals surface area contributed by atoms with Gasteiger partial charge in [0.25, 0.3) is 0 Å². The molecule has 0 bridgehead atoms. The van der Waals surface area contributed by atoms with Gasteiger partial charge in [0.15, 0.2) is 5.82 Å². The van der Waals surface area contributed by atoms with Gasteiger partial charge < -0.3 is 5.73 Å². The first-order chi connectivity index (χ1) is 8.38. The Morgan fingerprint density at radius 2 is 2.06 bits per heavy atom. The zero-order valence-electron chi connectivity index (χ0n) is 11.4. The minimum Gasteiger partial charge on any atom is -0.380 e. The molecule has 2 aromatic heterocycles. The van der Waals surface area contributed by atoms with E-state index in [2.05, 4.69) is 36.2 Å². The number of anilines is 1. The maximum absolute atomic E-state index is 5.91. The molecule has 6 nitrogen and oxygen atoms in total. The van der Waals surface area contributed by atoms with Crippen LogP contribution in [0.15, 0.2) is 12.3 Å². The lowest BCUT2D eigenvalue weighted by Gasteiger charge is -2.18. The van der Waals surface area contributed by atoms with Crippen LogP contribution in [-0.4, -0.2) is 24.8 Å². The van der Waals surface area contributed by atoms with E-state index in [-0.39, 0.29) is 5.41 Å². The fraction of sp³-hybridized carbons (Fsp3) is 0.583. The van der Waals surface area contributed by atoms with Crippen LogP contribution in [0.1, 0.15) is 27.2 Å². The van der Waals surface area contributed by atoms with E-state index in [4.69, 9.17) is 5.73 Å². The van der Waals surface area contributed by atoms with Gasteiger partial charge in [-0.2, -0.15) is 5.10 Å².